The van der Waals surface area contributed by atoms with Gasteiger partial charge in [-0.15, -0.1) is 0 Å². The summed E-state index contributed by atoms with van der Waals surface area (Å²) >= 11 is 0. The largest absolute Gasteiger partial charge is 0.485 e. The molecule has 0 aromatic heterocycles. The first-order chi connectivity index (χ1) is 8.71. The zero-order valence-electron chi connectivity index (χ0n) is 11.0. The van der Waals surface area contributed by atoms with E-state index in [2.05, 4.69) is 0 Å². The van der Waals surface area contributed by atoms with Gasteiger partial charge >= 0.3 is 5.69 Å². The minimum Gasteiger partial charge on any atom is -0.485 e. The summed E-state index contributed by atoms with van der Waals surface area (Å²) in [5.74, 6) is -0.0326. The monoisotopic (exact) mass is 288 g/mol. The molecule has 1 rings (SSSR count). The van der Waals surface area contributed by atoms with Crippen LogP contribution in [-0.4, -0.2) is 51.7 Å². The van der Waals surface area contributed by atoms with E-state index in [-0.39, 0.29) is 22.9 Å². The molecule has 0 radical (unpaired) electrons. The van der Waals surface area contributed by atoms with Crippen LogP contribution in [0.1, 0.15) is 0 Å². The van der Waals surface area contributed by atoms with Crippen LogP contribution in [0.5, 0.6) is 5.75 Å². The Labute approximate surface area is 111 Å². The summed E-state index contributed by atoms with van der Waals surface area (Å²) in [7, 11) is 0.254. The second-order valence-electron chi connectivity index (χ2n) is 4.31. The van der Waals surface area contributed by atoms with Crippen molar-refractivity contribution < 1.29 is 18.1 Å². The lowest BCUT2D eigenvalue weighted by molar-refractivity contribution is -0.385. The zero-order chi connectivity index (χ0) is 14.6. The number of hydrogen-bond donors (Lipinski definition) is 0. The first-order valence-corrected chi connectivity index (χ1v) is 7.37. The Balaban J connectivity index is 3.06. The van der Waals surface area contributed by atoms with Crippen molar-refractivity contribution in [1.82, 2.24) is 4.90 Å². The lowest BCUT2D eigenvalue weighted by Crippen LogP contribution is -2.19. The predicted molar refractivity (Wildman–Crippen MR) is 70.3 cm³/mol. The van der Waals surface area contributed by atoms with Crippen LogP contribution in [0.4, 0.5) is 5.69 Å². The molecule has 1 aromatic rings. The van der Waals surface area contributed by atoms with Crippen molar-refractivity contribution in [3.05, 3.63) is 28.3 Å². The number of rotatable bonds is 6. The third-order valence-electron chi connectivity index (χ3n) is 2.35. The average molecular weight is 288 g/mol. The van der Waals surface area contributed by atoms with E-state index in [4.69, 9.17) is 4.74 Å². The Morgan fingerprint density at radius 1 is 1.37 bits per heavy atom. The minimum atomic E-state index is -3.42. The van der Waals surface area contributed by atoms with Crippen molar-refractivity contribution in [3.8, 4) is 5.75 Å². The number of sulfone groups is 1. The highest BCUT2D eigenvalue weighted by atomic mass is 32.2. The number of ether oxygens (including phenoxy) is 1. The van der Waals surface area contributed by atoms with Crippen LogP contribution < -0.4 is 4.74 Å². The Bertz CT molecular complexity index is 568. The third kappa shape index (κ3) is 4.49. The Hall–Kier alpha value is -1.67. The van der Waals surface area contributed by atoms with Gasteiger partial charge in [-0.1, -0.05) is 0 Å². The molecular formula is C11H16N2O5S. The first-order valence-electron chi connectivity index (χ1n) is 5.48. The molecule has 0 saturated heterocycles. The number of nitro benzene ring substituents is 1. The second-order valence-corrected chi connectivity index (χ2v) is 6.33. The van der Waals surface area contributed by atoms with Gasteiger partial charge in [-0.3, -0.25) is 10.1 Å². The molecule has 0 aliphatic rings. The SMILES string of the molecule is CN(C)CCOc1cc(S(C)(=O)=O)ccc1[N+](=O)[O-]. The molecule has 0 aliphatic heterocycles. The molecule has 0 bridgehead atoms. The van der Waals surface area contributed by atoms with E-state index >= 15 is 0 Å². The topological polar surface area (TPSA) is 89.8 Å². The van der Waals surface area contributed by atoms with Gasteiger partial charge in [-0.25, -0.2) is 8.42 Å². The summed E-state index contributed by atoms with van der Waals surface area (Å²) in [6, 6.07) is 3.52. The highest BCUT2D eigenvalue weighted by Gasteiger charge is 2.19. The van der Waals surface area contributed by atoms with Crippen LogP contribution in [0, 0.1) is 10.1 Å². The van der Waals surface area contributed by atoms with Crippen molar-refractivity contribution in [1.29, 1.82) is 0 Å². The van der Waals surface area contributed by atoms with Crippen molar-refractivity contribution in [2.75, 3.05) is 33.5 Å². The second kappa shape index (κ2) is 5.98. The van der Waals surface area contributed by atoms with Crippen molar-refractivity contribution in [2.45, 2.75) is 4.90 Å². The lowest BCUT2D eigenvalue weighted by Gasteiger charge is -2.11. The van der Waals surface area contributed by atoms with E-state index in [1.165, 1.54) is 12.1 Å². The number of nitrogens with zero attached hydrogens (tertiary/aromatic N) is 2. The molecule has 19 heavy (non-hydrogen) atoms. The summed E-state index contributed by atoms with van der Waals surface area (Å²) in [4.78, 5) is 12.1. The molecule has 0 unspecified atom stereocenters. The number of likely N-dealkylation sites (N-methyl/N-ethyl adjacent to an activating group) is 1. The molecule has 1 aromatic carbocycles. The fourth-order valence-electron chi connectivity index (χ4n) is 1.33. The molecular weight excluding hydrogens is 272 g/mol. The van der Waals surface area contributed by atoms with E-state index in [9.17, 15) is 18.5 Å². The van der Waals surface area contributed by atoms with Gasteiger partial charge in [0, 0.05) is 24.9 Å². The van der Waals surface area contributed by atoms with E-state index in [0.717, 1.165) is 12.3 Å². The molecule has 0 atom stereocenters. The maximum absolute atomic E-state index is 11.4. The van der Waals surface area contributed by atoms with Gasteiger partial charge in [0.1, 0.15) is 6.61 Å². The maximum atomic E-state index is 11.4. The molecule has 106 valence electrons. The van der Waals surface area contributed by atoms with Crippen LogP contribution in [0.2, 0.25) is 0 Å². The molecule has 7 nitrogen and oxygen atoms in total. The van der Waals surface area contributed by atoms with Crippen LogP contribution in [0.25, 0.3) is 0 Å². The molecule has 0 amide bonds. The summed E-state index contributed by atoms with van der Waals surface area (Å²) in [5, 5.41) is 10.8. The average Bonchev–Trinajstić information content (AvgIpc) is 2.26. The molecule has 0 aliphatic carbocycles. The van der Waals surface area contributed by atoms with Gasteiger partial charge in [-0.05, 0) is 20.2 Å². The summed E-state index contributed by atoms with van der Waals surface area (Å²) < 4.78 is 28.1. The summed E-state index contributed by atoms with van der Waals surface area (Å²) in [6.45, 7) is 0.807. The van der Waals surface area contributed by atoms with Gasteiger partial charge in [0.15, 0.2) is 15.6 Å². The Kier molecular flexibility index (Phi) is 4.84. The van der Waals surface area contributed by atoms with Gasteiger partial charge in [0.2, 0.25) is 0 Å². The van der Waals surface area contributed by atoms with Crippen LogP contribution in [0.15, 0.2) is 23.1 Å². The smallest absolute Gasteiger partial charge is 0.311 e. The van der Waals surface area contributed by atoms with E-state index in [0.29, 0.717) is 6.54 Å². The highest BCUT2D eigenvalue weighted by Crippen LogP contribution is 2.29. The zero-order valence-corrected chi connectivity index (χ0v) is 11.8. The molecule has 0 heterocycles. The van der Waals surface area contributed by atoms with Gasteiger partial charge < -0.3 is 9.64 Å². The summed E-state index contributed by atoms with van der Waals surface area (Å²) in [6.07, 6.45) is 1.04. The number of nitro groups is 1. The van der Waals surface area contributed by atoms with Crippen LogP contribution in [0.3, 0.4) is 0 Å². The van der Waals surface area contributed by atoms with Crippen LogP contribution in [-0.2, 0) is 9.84 Å². The molecule has 8 heteroatoms. The lowest BCUT2D eigenvalue weighted by atomic mass is 10.3. The van der Waals surface area contributed by atoms with Crippen molar-refractivity contribution in [2.24, 2.45) is 0 Å². The molecule has 0 saturated carbocycles. The van der Waals surface area contributed by atoms with Crippen LogP contribution >= 0.6 is 0 Å². The van der Waals surface area contributed by atoms with E-state index in [1.807, 2.05) is 19.0 Å². The third-order valence-corrected chi connectivity index (χ3v) is 3.46. The highest BCUT2D eigenvalue weighted by molar-refractivity contribution is 7.90. The maximum Gasteiger partial charge on any atom is 0.311 e. The Morgan fingerprint density at radius 3 is 2.47 bits per heavy atom. The van der Waals surface area contributed by atoms with Crippen molar-refractivity contribution in [3.63, 3.8) is 0 Å². The number of benzene rings is 1. The normalized spacial score (nSPS) is 11.6. The fraction of sp³-hybridized carbons (Fsp3) is 0.455. The molecule has 0 fully saturated rings. The predicted octanol–water partition coefficient (Wildman–Crippen LogP) is 0.939. The number of hydrogen-bond acceptors (Lipinski definition) is 6. The fourth-order valence-corrected chi connectivity index (χ4v) is 1.97. The van der Waals surface area contributed by atoms with Gasteiger partial charge in [-0.2, -0.15) is 0 Å². The quantitative estimate of drug-likeness (QED) is 0.571. The standard InChI is InChI=1S/C11H16N2O5S/c1-12(2)6-7-18-11-8-9(19(3,16)17)4-5-10(11)13(14)15/h4-5,8H,6-7H2,1-3H3. The first kappa shape index (κ1) is 15.4. The Morgan fingerprint density at radius 2 is 2.00 bits per heavy atom. The molecule has 0 N–H and O–H groups in total. The van der Waals surface area contributed by atoms with E-state index < -0.39 is 14.8 Å². The minimum absolute atomic E-state index is 0.00190. The van der Waals surface area contributed by atoms with Gasteiger partial charge in [0.25, 0.3) is 0 Å². The molecule has 0 spiro atoms. The van der Waals surface area contributed by atoms with Crippen molar-refractivity contribution >= 4 is 15.5 Å². The van der Waals surface area contributed by atoms with E-state index in [1.54, 1.807) is 0 Å². The summed E-state index contributed by atoms with van der Waals surface area (Å²) in [5.41, 5.74) is -0.244. The van der Waals surface area contributed by atoms with Gasteiger partial charge in [0.05, 0.1) is 9.82 Å².